The largest absolute Gasteiger partial charge is 0.366 e. The summed E-state index contributed by atoms with van der Waals surface area (Å²) >= 11 is 0. The zero-order chi connectivity index (χ0) is 24.7. The number of hydrogen-bond acceptors (Lipinski definition) is 5. The number of imide groups is 1. The molecule has 2 saturated heterocycles. The molecule has 182 valence electrons. The highest BCUT2D eigenvalue weighted by Crippen LogP contribution is 2.43. The highest BCUT2D eigenvalue weighted by Gasteiger charge is 2.58. The van der Waals surface area contributed by atoms with Crippen LogP contribution < -0.4 is 16.0 Å². The molecular weight excluding hydrogens is 448 g/mol. The number of urea groups is 1. The molecule has 0 spiro atoms. The average molecular weight is 477 g/mol. The summed E-state index contributed by atoms with van der Waals surface area (Å²) in [5.74, 6) is -1.32. The SMILES string of the molecule is Cc1ccc(N2C(=O)C3OC4CCCCC4C3N(CC(=O)Nc3ccc(C(N)=O)cc3)C2=O)cc1. The van der Waals surface area contributed by atoms with Crippen molar-refractivity contribution < 1.29 is 23.9 Å². The number of anilines is 2. The molecule has 3 aliphatic rings. The van der Waals surface area contributed by atoms with Crippen molar-refractivity contribution in [2.24, 2.45) is 11.7 Å². The van der Waals surface area contributed by atoms with Crippen LogP contribution in [-0.2, 0) is 14.3 Å². The first-order valence-electron chi connectivity index (χ1n) is 11.9. The lowest BCUT2D eigenvalue weighted by Crippen LogP contribution is -2.65. The van der Waals surface area contributed by atoms with Crippen molar-refractivity contribution in [2.75, 3.05) is 16.8 Å². The van der Waals surface area contributed by atoms with Gasteiger partial charge in [0.15, 0.2) is 6.10 Å². The van der Waals surface area contributed by atoms with Crippen molar-refractivity contribution in [3.63, 3.8) is 0 Å². The molecule has 3 N–H and O–H groups in total. The van der Waals surface area contributed by atoms with E-state index >= 15 is 0 Å². The molecular formula is C26H28N4O5. The summed E-state index contributed by atoms with van der Waals surface area (Å²) < 4.78 is 6.21. The fourth-order valence-corrected chi connectivity index (χ4v) is 5.43. The molecule has 4 atom stereocenters. The van der Waals surface area contributed by atoms with Crippen LogP contribution in [0.3, 0.4) is 0 Å². The number of carbonyl (C=O) groups excluding carboxylic acids is 4. The maximum Gasteiger partial charge on any atom is 0.332 e. The number of ether oxygens (including phenoxy) is 1. The van der Waals surface area contributed by atoms with E-state index in [0.29, 0.717) is 16.9 Å². The highest BCUT2D eigenvalue weighted by molar-refractivity contribution is 6.18. The van der Waals surface area contributed by atoms with E-state index in [0.717, 1.165) is 36.1 Å². The van der Waals surface area contributed by atoms with E-state index < -0.39 is 30.0 Å². The Bertz CT molecular complexity index is 1160. The van der Waals surface area contributed by atoms with Crippen molar-refractivity contribution in [3.05, 3.63) is 59.7 Å². The van der Waals surface area contributed by atoms with Crippen molar-refractivity contribution >= 4 is 35.1 Å². The molecule has 35 heavy (non-hydrogen) atoms. The van der Waals surface area contributed by atoms with Gasteiger partial charge in [-0.1, -0.05) is 30.5 Å². The van der Waals surface area contributed by atoms with Crippen LogP contribution in [0.15, 0.2) is 48.5 Å². The van der Waals surface area contributed by atoms with E-state index in [1.165, 1.54) is 17.0 Å². The van der Waals surface area contributed by atoms with Gasteiger partial charge in [0.2, 0.25) is 11.8 Å². The van der Waals surface area contributed by atoms with Crippen LogP contribution in [0.5, 0.6) is 0 Å². The van der Waals surface area contributed by atoms with Crippen molar-refractivity contribution in [1.29, 1.82) is 0 Å². The predicted molar refractivity (Wildman–Crippen MR) is 129 cm³/mol. The lowest BCUT2D eigenvalue weighted by atomic mass is 9.81. The van der Waals surface area contributed by atoms with Crippen LogP contribution in [0.1, 0.15) is 41.6 Å². The topological polar surface area (TPSA) is 122 Å². The van der Waals surface area contributed by atoms with Crippen molar-refractivity contribution in [3.8, 4) is 0 Å². The third-order valence-corrected chi connectivity index (χ3v) is 7.14. The molecule has 1 saturated carbocycles. The molecule has 0 bridgehead atoms. The van der Waals surface area contributed by atoms with E-state index in [2.05, 4.69) is 5.32 Å². The number of hydrogen-bond donors (Lipinski definition) is 2. The van der Waals surface area contributed by atoms with Gasteiger partial charge < -0.3 is 20.7 Å². The van der Waals surface area contributed by atoms with Crippen LogP contribution in [0, 0.1) is 12.8 Å². The average Bonchev–Trinajstić information content (AvgIpc) is 3.23. The highest BCUT2D eigenvalue weighted by atomic mass is 16.5. The number of nitrogens with zero attached hydrogens (tertiary/aromatic N) is 2. The maximum atomic E-state index is 13.7. The summed E-state index contributed by atoms with van der Waals surface area (Å²) in [4.78, 5) is 54.1. The van der Waals surface area contributed by atoms with Crippen LogP contribution >= 0.6 is 0 Å². The van der Waals surface area contributed by atoms with Crippen LogP contribution in [0.4, 0.5) is 16.2 Å². The summed E-state index contributed by atoms with van der Waals surface area (Å²) in [5, 5.41) is 2.77. The van der Waals surface area contributed by atoms with E-state index in [4.69, 9.17) is 10.5 Å². The summed E-state index contributed by atoms with van der Waals surface area (Å²) in [6.07, 6.45) is 2.82. The molecule has 1 aliphatic carbocycles. The Morgan fingerprint density at radius 3 is 2.40 bits per heavy atom. The Morgan fingerprint density at radius 1 is 1.03 bits per heavy atom. The number of rotatable bonds is 5. The minimum absolute atomic E-state index is 0.0180. The van der Waals surface area contributed by atoms with Crippen molar-refractivity contribution in [2.45, 2.75) is 50.9 Å². The third kappa shape index (κ3) is 4.27. The van der Waals surface area contributed by atoms with Gasteiger partial charge in [-0.3, -0.25) is 14.4 Å². The van der Waals surface area contributed by atoms with Gasteiger partial charge in [0.05, 0.1) is 17.8 Å². The summed E-state index contributed by atoms with van der Waals surface area (Å²) in [6.45, 7) is 1.71. The van der Waals surface area contributed by atoms with Crippen LogP contribution in [-0.4, -0.2) is 53.4 Å². The molecule has 5 rings (SSSR count). The first-order chi connectivity index (χ1) is 16.8. The van der Waals surface area contributed by atoms with Gasteiger partial charge in [0.25, 0.3) is 5.91 Å². The molecule has 2 aromatic carbocycles. The number of amides is 5. The standard InChI is InChI=1S/C26H28N4O5/c1-15-6-12-18(13-7-15)30-25(33)23-22(19-4-2-3-5-20(19)35-23)29(26(30)34)14-21(31)28-17-10-8-16(9-11-17)24(27)32/h6-13,19-20,22-23H,2-5,14H2,1H3,(H2,27,32)(H,28,31). The van der Waals surface area contributed by atoms with Gasteiger partial charge in [-0.05, 0) is 56.2 Å². The van der Waals surface area contributed by atoms with Crippen LogP contribution in [0.25, 0.3) is 0 Å². The lowest BCUT2D eigenvalue weighted by Gasteiger charge is -2.42. The van der Waals surface area contributed by atoms with Gasteiger partial charge in [0, 0.05) is 17.2 Å². The first kappa shape index (κ1) is 23.0. The summed E-state index contributed by atoms with van der Waals surface area (Å²) in [7, 11) is 0. The van der Waals surface area contributed by atoms with Gasteiger partial charge in [-0.2, -0.15) is 0 Å². The number of fused-ring (bicyclic) bond motifs is 3. The fourth-order valence-electron chi connectivity index (χ4n) is 5.43. The smallest absolute Gasteiger partial charge is 0.332 e. The summed E-state index contributed by atoms with van der Waals surface area (Å²) in [6, 6.07) is 12.3. The lowest BCUT2D eigenvalue weighted by molar-refractivity contribution is -0.133. The fraction of sp³-hybridized carbons (Fsp3) is 0.385. The second-order valence-electron chi connectivity index (χ2n) is 9.44. The van der Waals surface area contributed by atoms with E-state index in [9.17, 15) is 19.2 Å². The van der Waals surface area contributed by atoms with E-state index in [-0.39, 0.29) is 24.5 Å². The summed E-state index contributed by atoms with van der Waals surface area (Å²) in [5.41, 5.74) is 7.54. The minimum Gasteiger partial charge on any atom is -0.366 e. The zero-order valence-corrected chi connectivity index (χ0v) is 19.5. The number of aryl methyl sites for hydroxylation is 1. The van der Waals surface area contributed by atoms with Crippen LogP contribution in [0.2, 0.25) is 0 Å². The molecule has 2 aromatic rings. The van der Waals surface area contributed by atoms with Gasteiger partial charge in [0.1, 0.15) is 6.54 Å². The molecule has 2 heterocycles. The Hall–Kier alpha value is -3.72. The Kier molecular flexibility index (Phi) is 6.02. The quantitative estimate of drug-likeness (QED) is 0.687. The van der Waals surface area contributed by atoms with E-state index in [1.54, 1.807) is 24.3 Å². The second-order valence-corrected chi connectivity index (χ2v) is 9.44. The van der Waals surface area contributed by atoms with E-state index in [1.807, 2.05) is 19.1 Å². The zero-order valence-electron chi connectivity index (χ0n) is 19.5. The minimum atomic E-state index is -0.801. The molecule has 5 amide bonds. The third-order valence-electron chi connectivity index (χ3n) is 7.14. The molecule has 0 radical (unpaired) electrons. The van der Waals surface area contributed by atoms with Gasteiger partial charge in [-0.15, -0.1) is 0 Å². The Labute approximate surface area is 203 Å². The van der Waals surface area contributed by atoms with Gasteiger partial charge in [-0.25, -0.2) is 9.69 Å². The predicted octanol–water partition coefficient (Wildman–Crippen LogP) is 2.83. The molecule has 2 aliphatic heterocycles. The Balaban J connectivity index is 1.42. The number of nitrogens with one attached hydrogen (secondary N) is 1. The number of benzene rings is 2. The Morgan fingerprint density at radius 2 is 1.71 bits per heavy atom. The molecule has 0 aromatic heterocycles. The second kappa shape index (κ2) is 9.14. The maximum absolute atomic E-state index is 13.7. The first-order valence-corrected chi connectivity index (χ1v) is 11.9. The van der Waals surface area contributed by atoms with Crippen molar-refractivity contribution in [1.82, 2.24) is 4.90 Å². The monoisotopic (exact) mass is 476 g/mol. The number of primary amides is 1. The molecule has 4 unspecified atom stereocenters. The number of carbonyl (C=O) groups is 4. The number of nitrogens with two attached hydrogens (primary N) is 1. The molecule has 9 heteroatoms. The molecule has 3 fully saturated rings. The van der Waals surface area contributed by atoms with Gasteiger partial charge >= 0.3 is 6.03 Å². The normalized spacial score (nSPS) is 25.7. The molecule has 9 nitrogen and oxygen atoms in total.